The second kappa shape index (κ2) is 6.40. The first-order chi connectivity index (χ1) is 8.06. The Labute approximate surface area is 104 Å². The summed E-state index contributed by atoms with van der Waals surface area (Å²) in [5, 5.41) is 6.03. The zero-order chi connectivity index (χ0) is 12.8. The summed E-state index contributed by atoms with van der Waals surface area (Å²) < 4.78 is 0. The molecule has 2 N–H and O–H groups in total. The quantitative estimate of drug-likeness (QED) is 0.819. The van der Waals surface area contributed by atoms with Gasteiger partial charge in [-0.25, -0.2) is 0 Å². The molecular weight excluding hydrogens is 212 g/mol. The molecule has 0 aromatic heterocycles. The highest BCUT2D eigenvalue weighted by Gasteiger charge is 2.20. The fourth-order valence-corrected chi connectivity index (χ4v) is 1.70. The predicted molar refractivity (Wildman–Crippen MR) is 70.7 cm³/mol. The third kappa shape index (κ3) is 3.86. The van der Waals surface area contributed by atoms with E-state index < -0.39 is 0 Å². The van der Waals surface area contributed by atoms with Gasteiger partial charge < -0.3 is 10.6 Å². The molecule has 1 amide bonds. The van der Waals surface area contributed by atoms with Crippen molar-refractivity contribution in [3.63, 3.8) is 0 Å². The number of hydrogen-bond acceptors (Lipinski definition) is 2. The van der Waals surface area contributed by atoms with Crippen LogP contribution < -0.4 is 10.6 Å². The number of carbonyl (C=O) groups excluding carboxylic acids is 1. The van der Waals surface area contributed by atoms with E-state index in [1.807, 2.05) is 25.1 Å². The Balaban J connectivity index is 2.78. The van der Waals surface area contributed by atoms with Gasteiger partial charge in [-0.2, -0.15) is 0 Å². The number of benzene rings is 1. The molecule has 0 aliphatic carbocycles. The van der Waals surface area contributed by atoms with Gasteiger partial charge in [-0.1, -0.05) is 44.2 Å². The molecule has 17 heavy (non-hydrogen) atoms. The van der Waals surface area contributed by atoms with Crippen LogP contribution in [0.2, 0.25) is 0 Å². The fourth-order valence-electron chi connectivity index (χ4n) is 1.70. The largest absolute Gasteiger partial charge is 0.348 e. The van der Waals surface area contributed by atoms with Crippen LogP contribution in [-0.2, 0) is 4.79 Å². The maximum Gasteiger partial charge on any atom is 0.237 e. The van der Waals surface area contributed by atoms with Crippen LogP contribution >= 0.6 is 0 Å². The smallest absolute Gasteiger partial charge is 0.237 e. The molecule has 2 unspecified atom stereocenters. The second-order valence-electron chi connectivity index (χ2n) is 4.65. The molecule has 0 saturated carbocycles. The Bertz CT molecular complexity index is 348. The van der Waals surface area contributed by atoms with Crippen molar-refractivity contribution in [3.05, 3.63) is 35.9 Å². The molecule has 0 aliphatic rings. The first-order valence-corrected chi connectivity index (χ1v) is 6.08. The van der Waals surface area contributed by atoms with Crippen molar-refractivity contribution < 1.29 is 4.79 Å². The van der Waals surface area contributed by atoms with Crippen molar-refractivity contribution >= 4 is 5.91 Å². The fraction of sp³-hybridized carbons (Fsp3) is 0.500. The summed E-state index contributed by atoms with van der Waals surface area (Å²) in [6.07, 6.45) is 0. The Kier molecular flexibility index (Phi) is 5.16. The summed E-state index contributed by atoms with van der Waals surface area (Å²) in [7, 11) is 1.79. The average Bonchev–Trinajstić information content (AvgIpc) is 2.35. The van der Waals surface area contributed by atoms with Gasteiger partial charge in [-0.15, -0.1) is 0 Å². The molecule has 3 heteroatoms. The molecule has 3 nitrogen and oxygen atoms in total. The van der Waals surface area contributed by atoms with E-state index in [0.29, 0.717) is 5.92 Å². The Morgan fingerprint density at radius 3 is 2.18 bits per heavy atom. The molecule has 1 rings (SSSR count). The minimum Gasteiger partial charge on any atom is -0.348 e. The molecule has 1 aromatic rings. The lowest BCUT2D eigenvalue weighted by atomic mass is 9.96. The van der Waals surface area contributed by atoms with Gasteiger partial charge in [-0.05, 0) is 25.5 Å². The van der Waals surface area contributed by atoms with Crippen LogP contribution in [0.1, 0.15) is 32.4 Å². The van der Waals surface area contributed by atoms with Gasteiger partial charge in [0, 0.05) is 0 Å². The molecular formula is C14H22N2O. The Morgan fingerprint density at radius 1 is 1.12 bits per heavy atom. The molecule has 0 heterocycles. The molecule has 94 valence electrons. The number of rotatable bonds is 5. The molecule has 1 aromatic carbocycles. The first kappa shape index (κ1) is 13.7. The lowest BCUT2D eigenvalue weighted by Gasteiger charge is -2.24. The lowest BCUT2D eigenvalue weighted by molar-refractivity contribution is -0.123. The average molecular weight is 234 g/mol. The van der Waals surface area contributed by atoms with E-state index in [0.717, 1.165) is 5.56 Å². The summed E-state index contributed by atoms with van der Waals surface area (Å²) in [6.45, 7) is 6.09. The third-order valence-electron chi connectivity index (χ3n) is 2.95. The molecule has 0 radical (unpaired) electrons. The maximum absolute atomic E-state index is 11.9. The van der Waals surface area contributed by atoms with Gasteiger partial charge in [-0.3, -0.25) is 4.79 Å². The monoisotopic (exact) mass is 234 g/mol. The van der Waals surface area contributed by atoms with Crippen LogP contribution in [0.15, 0.2) is 30.3 Å². The van der Waals surface area contributed by atoms with Gasteiger partial charge in [0.2, 0.25) is 5.91 Å². The summed E-state index contributed by atoms with van der Waals surface area (Å²) in [4.78, 5) is 11.9. The van der Waals surface area contributed by atoms with E-state index in [4.69, 9.17) is 0 Å². The van der Waals surface area contributed by atoms with Gasteiger partial charge in [0.15, 0.2) is 0 Å². The van der Waals surface area contributed by atoms with Crippen molar-refractivity contribution in [3.8, 4) is 0 Å². The molecule has 2 atom stereocenters. The van der Waals surface area contributed by atoms with Crippen LogP contribution in [0.25, 0.3) is 0 Å². The highest BCUT2D eigenvalue weighted by Crippen LogP contribution is 2.21. The van der Waals surface area contributed by atoms with Gasteiger partial charge in [0.05, 0.1) is 12.1 Å². The number of hydrogen-bond donors (Lipinski definition) is 2. The van der Waals surface area contributed by atoms with Crippen LogP contribution in [-0.4, -0.2) is 19.0 Å². The van der Waals surface area contributed by atoms with Crippen LogP contribution in [0.4, 0.5) is 0 Å². The first-order valence-electron chi connectivity index (χ1n) is 6.08. The van der Waals surface area contributed by atoms with Crippen molar-refractivity contribution in [2.24, 2.45) is 5.92 Å². The van der Waals surface area contributed by atoms with Crippen LogP contribution in [0.3, 0.4) is 0 Å². The number of amides is 1. The molecule has 0 aliphatic heterocycles. The predicted octanol–water partition coefficient (Wildman–Crippen LogP) is 2.11. The Hall–Kier alpha value is -1.35. The minimum absolute atomic E-state index is 0.0371. The molecule has 0 fully saturated rings. The summed E-state index contributed by atoms with van der Waals surface area (Å²) >= 11 is 0. The van der Waals surface area contributed by atoms with Crippen molar-refractivity contribution in [1.82, 2.24) is 10.6 Å². The number of likely N-dealkylation sites (N-methyl/N-ethyl adjacent to an activating group) is 1. The maximum atomic E-state index is 11.9. The molecule has 0 saturated heterocycles. The summed E-state index contributed by atoms with van der Waals surface area (Å²) in [5.74, 6) is 0.403. The van der Waals surface area contributed by atoms with Crippen LogP contribution in [0, 0.1) is 5.92 Å². The SMILES string of the molecule is CNC(C)C(=O)NC(c1ccccc1)C(C)C. The highest BCUT2D eigenvalue weighted by molar-refractivity contribution is 5.81. The zero-order valence-corrected chi connectivity index (χ0v) is 11.0. The second-order valence-corrected chi connectivity index (χ2v) is 4.65. The van der Waals surface area contributed by atoms with E-state index in [1.165, 1.54) is 0 Å². The van der Waals surface area contributed by atoms with Gasteiger partial charge >= 0.3 is 0 Å². The van der Waals surface area contributed by atoms with Crippen molar-refractivity contribution in [1.29, 1.82) is 0 Å². The van der Waals surface area contributed by atoms with E-state index in [9.17, 15) is 4.79 Å². The third-order valence-corrected chi connectivity index (χ3v) is 2.95. The topological polar surface area (TPSA) is 41.1 Å². The number of carbonyl (C=O) groups is 1. The normalized spacial score (nSPS) is 14.4. The van der Waals surface area contributed by atoms with Crippen molar-refractivity contribution in [2.45, 2.75) is 32.9 Å². The number of nitrogens with one attached hydrogen (secondary N) is 2. The summed E-state index contributed by atoms with van der Waals surface area (Å²) in [5.41, 5.74) is 1.15. The van der Waals surface area contributed by atoms with Gasteiger partial charge in [0.1, 0.15) is 0 Å². The highest BCUT2D eigenvalue weighted by atomic mass is 16.2. The standard InChI is InChI=1S/C14H22N2O/c1-10(2)13(12-8-6-5-7-9-12)16-14(17)11(3)15-4/h5-11,13,15H,1-4H3,(H,16,17). The van der Waals surface area contributed by atoms with Crippen molar-refractivity contribution in [2.75, 3.05) is 7.05 Å². The lowest BCUT2D eigenvalue weighted by Crippen LogP contribution is -2.43. The van der Waals surface area contributed by atoms with Crippen LogP contribution in [0.5, 0.6) is 0 Å². The minimum atomic E-state index is -0.167. The van der Waals surface area contributed by atoms with E-state index >= 15 is 0 Å². The summed E-state index contributed by atoms with van der Waals surface area (Å²) in [6, 6.07) is 9.99. The molecule has 0 bridgehead atoms. The van der Waals surface area contributed by atoms with E-state index in [-0.39, 0.29) is 18.0 Å². The van der Waals surface area contributed by atoms with Gasteiger partial charge in [0.25, 0.3) is 0 Å². The van der Waals surface area contributed by atoms with E-state index in [2.05, 4.69) is 36.6 Å². The zero-order valence-electron chi connectivity index (χ0n) is 11.0. The van der Waals surface area contributed by atoms with E-state index in [1.54, 1.807) is 7.05 Å². The molecule has 0 spiro atoms. The Morgan fingerprint density at radius 2 is 1.71 bits per heavy atom.